The first-order valence-corrected chi connectivity index (χ1v) is 11.3. The van der Waals surface area contributed by atoms with E-state index >= 15 is 0 Å². The number of esters is 1. The van der Waals surface area contributed by atoms with Gasteiger partial charge < -0.3 is 15.0 Å². The number of carbonyl (C=O) groups excluding carboxylic acids is 3. The summed E-state index contributed by atoms with van der Waals surface area (Å²) in [5, 5.41) is 2.80. The molecule has 1 saturated heterocycles. The molecule has 1 N–H and O–H groups in total. The predicted molar refractivity (Wildman–Crippen MR) is 123 cm³/mol. The zero-order valence-corrected chi connectivity index (χ0v) is 18.8. The smallest absolute Gasteiger partial charge is 0.330 e. The first-order valence-electron chi connectivity index (χ1n) is 11.3. The van der Waals surface area contributed by atoms with E-state index in [4.69, 9.17) is 4.74 Å². The topological polar surface area (TPSA) is 75.7 Å². The summed E-state index contributed by atoms with van der Waals surface area (Å²) in [5.41, 5.74) is 1.50. The Balaban J connectivity index is 1.73. The lowest BCUT2D eigenvalue weighted by Gasteiger charge is -2.31. The lowest BCUT2D eigenvalue weighted by molar-refractivity contribution is -0.164. The second-order valence-corrected chi connectivity index (χ2v) is 8.57. The quantitative estimate of drug-likeness (QED) is 0.641. The van der Waals surface area contributed by atoms with Crippen LogP contribution in [0.25, 0.3) is 0 Å². The molecule has 0 bridgehead atoms. The van der Waals surface area contributed by atoms with Crippen LogP contribution in [0.3, 0.4) is 0 Å². The molecular formula is C26H32N2O4. The molecule has 170 valence electrons. The second kappa shape index (κ2) is 11.5. The molecule has 1 heterocycles. The van der Waals surface area contributed by atoms with Gasteiger partial charge in [0.1, 0.15) is 6.04 Å². The van der Waals surface area contributed by atoms with Crippen LogP contribution in [-0.2, 0) is 25.5 Å². The van der Waals surface area contributed by atoms with Gasteiger partial charge in [-0.2, -0.15) is 0 Å². The van der Waals surface area contributed by atoms with Gasteiger partial charge in [-0.1, -0.05) is 74.5 Å². The molecule has 2 amide bonds. The SMILES string of the molecule is CC(C)[C@H](NC(=O)Cc1ccccc1)C(=O)OC(C(=O)N1CCCCC1)c1ccccc1. The Hall–Kier alpha value is -3.15. The van der Waals surface area contributed by atoms with Crippen LogP contribution < -0.4 is 5.32 Å². The van der Waals surface area contributed by atoms with E-state index in [0.29, 0.717) is 18.7 Å². The number of hydrogen-bond donors (Lipinski definition) is 1. The van der Waals surface area contributed by atoms with Gasteiger partial charge >= 0.3 is 5.97 Å². The molecule has 6 nitrogen and oxygen atoms in total. The number of carbonyl (C=O) groups is 3. The highest BCUT2D eigenvalue weighted by atomic mass is 16.5. The Morgan fingerprint density at radius 2 is 1.50 bits per heavy atom. The summed E-state index contributed by atoms with van der Waals surface area (Å²) in [7, 11) is 0. The van der Waals surface area contributed by atoms with Crippen LogP contribution in [0.4, 0.5) is 0 Å². The van der Waals surface area contributed by atoms with E-state index in [0.717, 1.165) is 24.8 Å². The molecule has 1 unspecified atom stereocenters. The van der Waals surface area contributed by atoms with Gasteiger partial charge in [-0.3, -0.25) is 9.59 Å². The van der Waals surface area contributed by atoms with E-state index in [2.05, 4.69) is 5.32 Å². The number of benzene rings is 2. The number of likely N-dealkylation sites (tertiary alicyclic amines) is 1. The fourth-order valence-corrected chi connectivity index (χ4v) is 3.86. The minimum Gasteiger partial charge on any atom is -0.446 e. The van der Waals surface area contributed by atoms with Crippen molar-refractivity contribution in [3.8, 4) is 0 Å². The second-order valence-electron chi connectivity index (χ2n) is 8.57. The Bertz CT molecular complexity index is 893. The predicted octanol–water partition coefficient (Wildman–Crippen LogP) is 3.67. The molecule has 1 aliphatic rings. The van der Waals surface area contributed by atoms with Crippen molar-refractivity contribution in [2.24, 2.45) is 5.92 Å². The Kier molecular flexibility index (Phi) is 8.42. The Morgan fingerprint density at radius 3 is 2.09 bits per heavy atom. The molecule has 2 atom stereocenters. The third-order valence-electron chi connectivity index (χ3n) is 5.67. The van der Waals surface area contributed by atoms with Gasteiger partial charge in [0, 0.05) is 18.7 Å². The highest BCUT2D eigenvalue weighted by Gasteiger charge is 2.34. The molecule has 1 fully saturated rings. The summed E-state index contributed by atoms with van der Waals surface area (Å²) in [5.74, 6) is -1.25. The summed E-state index contributed by atoms with van der Waals surface area (Å²) < 4.78 is 5.78. The molecule has 1 aliphatic heterocycles. The van der Waals surface area contributed by atoms with Crippen molar-refractivity contribution in [3.05, 3.63) is 71.8 Å². The maximum Gasteiger partial charge on any atom is 0.330 e. The van der Waals surface area contributed by atoms with Gasteiger partial charge in [0.05, 0.1) is 6.42 Å². The Morgan fingerprint density at radius 1 is 0.906 bits per heavy atom. The number of nitrogens with zero attached hydrogens (tertiary/aromatic N) is 1. The minimum absolute atomic E-state index is 0.173. The van der Waals surface area contributed by atoms with E-state index in [1.165, 1.54) is 0 Å². The third kappa shape index (κ3) is 6.42. The zero-order valence-electron chi connectivity index (χ0n) is 18.8. The Labute approximate surface area is 189 Å². The molecule has 0 saturated carbocycles. The molecule has 0 aromatic heterocycles. The van der Waals surface area contributed by atoms with Crippen molar-refractivity contribution < 1.29 is 19.1 Å². The first-order chi connectivity index (χ1) is 15.5. The van der Waals surface area contributed by atoms with Crippen molar-refractivity contribution in [2.45, 2.75) is 51.7 Å². The number of amides is 2. The molecule has 6 heteroatoms. The monoisotopic (exact) mass is 436 g/mol. The molecule has 0 spiro atoms. The molecule has 2 aromatic rings. The standard InChI is InChI=1S/C26H32N2O4/c1-19(2)23(27-22(29)18-20-12-6-3-7-13-20)26(31)32-24(21-14-8-4-9-15-21)25(30)28-16-10-5-11-17-28/h3-4,6-9,12-15,19,23-24H,5,10-11,16-18H2,1-2H3,(H,27,29)/t23-,24?/m0/s1. The average molecular weight is 437 g/mol. The van der Waals surface area contributed by atoms with Crippen LogP contribution in [0.2, 0.25) is 0 Å². The van der Waals surface area contributed by atoms with Crippen LogP contribution in [0.15, 0.2) is 60.7 Å². The number of hydrogen-bond acceptors (Lipinski definition) is 4. The lowest BCUT2D eigenvalue weighted by atomic mass is 10.0. The van der Waals surface area contributed by atoms with E-state index in [9.17, 15) is 14.4 Å². The van der Waals surface area contributed by atoms with Gasteiger partial charge in [-0.05, 0) is 30.7 Å². The van der Waals surface area contributed by atoms with Crippen molar-refractivity contribution in [3.63, 3.8) is 0 Å². The number of rotatable bonds is 8. The third-order valence-corrected chi connectivity index (χ3v) is 5.67. The normalized spacial score (nSPS) is 15.7. The van der Waals surface area contributed by atoms with Crippen LogP contribution in [-0.4, -0.2) is 41.8 Å². The van der Waals surface area contributed by atoms with Crippen molar-refractivity contribution in [1.29, 1.82) is 0 Å². The molecule has 3 rings (SSSR count). The zero-order chi connectivity index (χ0) is 22.9. The number of piperidine rings is 1. The largest absolute Gasteiger partial charge is 0.446 e. The van der Waals surface area contributed by atoms with Gasteiger partial charge in [0.25, 0.3) is 5.91 Å². The van der Waals surface area contributed by atoms with Crippen molar-refractivity contribution in [1.82, 2.24) is 10.2 Å². The highest BCUT2D eigenvalue weighted by Crippen LogP contribution is 2.24. The molecule has 0 radical (unpaired) electrons. The van der Waals surface area contributed by atoms with Gasteiger partial charge in [0.2, 0.25) is 12.0 Å². The molecule has 2 aromatic carbocycles. The highest BCUT2D eigenvalue weighted by molar-refractivity contribution is 5.89. The molecule has 32 heavy (non-hydrogen) atoms. The number of ether oxygens (including phenoxy) is 1. The number of nitrogens with one attached hydrogen (secondary N) is 1. The summed E-state index contributed by atoms with van der Waals surface area (Å²) in [6.45, 7) is 5.03. The average Bonchev–Trinajstić information content (AvgIpc) is 2.82. The van der Waals surface area contributed by atoms with Crippen LogP contribution in [0.1, 0.15) is 50.3 Å². The maximum atomic E-state index is 13.3. The van der Waals surface area contributed by atoms with E-state index in [1.54, 1.807) is 17.0 Å². The van der Waals surface area contributed by atoms with E-state index in [-0.39, 0.29) is 24.2 Å². The van der Waals surface area contributed by atoms with Crippen LogP contribution in [0.5, 0.6) is 0 Å². The van der Waals surface area contributed by atoms with Gasteiger partial charge in [-0.15, -0.1) is 0 Å². The van der Waals surface area contributed by atoms with E-state index < -0.39 is 18.1 Å². The van der Waals surface area contributed by atoms with Crippen molar-refractivity contribution in [2.75, 3.05) is 13.1 Å². The maximum absolute atomic E-state index is 13.3. The first kappa shape index (κ1) is 23.5. The minimum atomic E-state index is -1.02. The molecular weight excluding hydrogens is 404 g/mol. The fourth-order valence-electron chi connectivity index (χ4n) is 3.86. The van der Waals surface area contributed by atoms with Gasteiger partial charge in [0.15, 0.2) is 0 Å². The summed E-state index contributed by atoms with van der Waals surface area (Å²) in [6, 6.07) is 17.6. The van der Waals surface area contributed by atoms with Gasteiger partial charge in [-0.25, -0.2) is 4.79 Å². The van der Waals surface area contributed by atoms with Crippen LogP contribution >= 0.6 is 0 Å². The fraction of sp³-hybridized carbons (Fsp3) is 0.423. The summed E-state index contributed by atoms with van der Waals surface area (Å²) >= 11 is 0. The van der Waals surface area contributed by atoms with Crippen molar-refractivity contribution >= 4 is 17.8 Å². The summed E-state index contributed by atoms with van der Waals surface area (Å²) in [4.78, 5) is 40.7. The summed E-state index contributed by atoms with van der Waals surface area (Å²) in [6.07, 6.45) is 2.15. The van der Waals surface area contributed by atoms with Crippen LogP contribution in [0, 0.1) is 5.92 Å². The molecule has 0 aliphatic carbocycles. The lowest BCUT2D eigenvalue weighted by Crippen LogP contribution is -2.47. The van der Waals surface area contributed by atoms with E-state index in [1.807, 2.05) is 62.4 Å².